The van der Waals surface area contributed by atoms with Gasteiger partial charge in [-0.15, -0.1) is 0 Å². The molecule has 0 heterocycles. The lowest BCUT2D eigenvalue weighted by molar-refractivity contribution is 0.0501. The summed E-state index contributed by atoms with van der Waals surface area (Å²) in [4.78, 5) is 11.3. The molecule has 88 valence electrons. The molecule has 1 saturated carbocycles. The fourth-order valence-corrected chi connectivity index (χ4v) is 1.81. The Morgan fingerprint density at radius 3 is 2.47 bits per heavy atom. The van der Waals surface area contributed by atoms with E-state index in [-0.39, 0.29) is 6.03 Å². The number of hydrogen-bond acceptors (Lipinski definition) is 2. The highest BCUT2D eigenvalue weighted by Gasteiger charge is 2.31. The Hall–Kier alpha value is -0.770. The van der Waals surface area contributed by atoms with Gasteiger partial charge >= 0.3 is 6.03 Å². The molecule has 3 N–H and O–H groups in total. The highest BCUT2D eigenvalue weighted by molar-refractivity contribution is 5.73. The standard InChI is InChI=1S/C11H22N2O2/c1-9(2)7-12-10(14)13-8-11(15)5-3-4-6-11/h9,15H,3-8H2,1-2H3,(H2,12,13,14). The van der Waals surface area contributed by atoms with E-state index in [1.54, 1.807) is 0 Å². The van der Waals surface area contributed by atoms with Crippen molar-refractivity contribution in [3.05, 3.63) is 0 Å². The molecule has 1 aliphatic carbocycles. The van der Waals surface area contributed by atoms with E-state index < -0.39 is 5.60 Å². The lowest BCUT2D eigenvalue weighted by Gasteiger charge is -2.22. The number of amides is 2. The molecule has 4 nitrogen and oxygen atoms in total. The molecule has 0 aliphatic heterocycles. The summed E-state index contributed by atoms with van der Waals surface area (Å²) < 4.78 is 0. The minimum absolute atomic E-state index is 0.177. The Labute approximate surface area is 91.4 Å². The van der Waals surface area contributed by atoms with Gasteiger partial charge in [-0.1, -0.05) is 26.7 Å². The maximum Gasteiger partial charge on any atom is 0.314 e. The normalized spacial score (nSPS) is 19.2. The first-order valence-electron chi connectivity index (χ1n) is 5.76. The molecule has 4 heteroatoms. The Kier molecular flexibility index (Phi) is 4.39. The van der Waals surface area contributed by atoms with Crippen LogP contribution in [0, 0.1) is 5.92 Å². The smallest absolute Gasteiger partial charge is 0.314 e. The predicted molar refractivity (Wildman–Crippen MR) is 59.7 cm³/mol. The molecule has 1 fully saturated rings. The molecule has 0 aromatic heterocycles. The molecule has 0 spiro atoms. The number of carbonyl (C=O) groups is 1. The summed E-state index contributed by atoms with van der Waals surface area (Å²) in [6, 6.07) is -0.177. The summed E-state index contributed by atoms with van der Waals surface area (Å²) in [5.74, 6) is 0.449. The number of nitrogens with one attached hydrogen (secondary N) is 2. The van der Waals surface area contributed by atoms with Gasteiger partial charge in [0.25, 0.3) is 0 Å². The molecule has 0 bridgehead atoms. The molecule has 15 heavy (non-hydrogen) atoms. The van der Waals surface area contributed by atoms with Crippen molar-refractivity contribution in [3.8, 4) is 0 Å². The number of aliphatic hydroxyl groups is 1. The Balaban J connectivity index is 2.16. The van der Waals surface area contributed by atoms with E-state index in [9.17, 15) is 9.90 Å². The number of urea groups is 1. The molecule has 2 amide bonds. The van der Waals surface area contributed by atoms with Gasteiger partial charge in [-0.2, -0.15) is 0 Å². The quantitative estimate of drug-likeness (QED) is 0.659. The summed E-state index contributed by atoms with van der Waals surface area (Å²) in [6.07, 6.45) is 3.73. The number of carbonyl (C=O) groups excluding carboxylic acids is 1. The molecule has 0 aromatic carbocycles. The number of rotatable bonds is 4. The Morgan fingerprint density at radius 1 is 1.33 bits per heavy atom. The third kappa shape index (κ3) is 4.51. The topological polar surface area (TPSA) is 61.4 Å². The Morgan fingerprint density at radius 2 is 1.93 bits per heavy atom. The fourth-order valence-electron chi connectivity index (χ4n) is 1.81. The van der Waals surface area contributed by atoms with Crippen LogP contribution in [-0.2, 0) is 0 Å². The Bertz CT molecular complexity index is 211. The van der Waals surface area contributed by atoms with Gasteiger partial charge < -0.3 is 15.7 Å². The van der Waals surface area contributed by atoms with Crippen molar-refractivity contribution in [1.82, 2.24) is 10.6 Å². The molecule has 0 saturated heterocycles. The van der Waals surface area contributed by atoms with E-state index in [1.165, 1.54) is 0 Å². The van der Waals surface area contributed by atoms with Crippen LogP contribution in [0.15, 0.2) is 0 Å². The van der Waals surface area contributed by atoms with Gasteiger partial charge in [0, 0.05) is 13.1 Å². The third-order valence-electron chi connectivity index (χ3n) is 2.78. The summed E-state index contributed by atoms with van der Waals surface area (Å²) >= 11 is 0. The SMILES string of the molecule is CC(C)CNC(=O)NCC1(O)CCCC1. The fraction of sp³-hybridized carbons (Fsp3) is 0.909. The lowest BCUT2D eigenvalue weighted by Crippen LogP contribution is -2.45. The van der Waals surface area contributed by atoms with Crippen LogP contribution in [0.2, 0.25) is 0 Å². The first kappa shape index (κ1) is 12.3. The summed E-state index contributed by atoms with van der Waals surface area (Å²) in [6.45, 7) is 5.14. The van der Waals surface area contributed by atoms with Crippen LogP contribution < -0.4 is 10.6 Å². The molecular formula is C11H22N2O2. The van der Waals surface area contributed by atoms with Crippen molar-refractivity contribution in [1.29, 1.82) is 0 Å². The molecule has 1 rings (SSSR count). The van der Waals surface area contributed by atoms with Crippen LogP contribution in [0.5, 0.6) is 0 Å². The molecule has 1 aliphatic rings. The van der Waals surface area contributed by atoms with E-state index >= 15 is 0 Å². The van der Waals surface area contributed by atoms with Gasteiger partial charge in [-0.3, -0.25) is 0 Å². The summed E-state index contributed by atoms with van der Waals surface area (Å²) in [7, 11) is 0. The molecule has 0 atom stereocenters. The van der Waals surface area contributed by atoms with Crippen molar-refractivity contribution >= 4 is 6.03 Å². The van der Waals surface area contributed by atoms with Crippen molar-refractivity contribution in [2.24, 2.45) is 5.92 Å². The van der Waals surface area contributed by atoms with Crippen LogP contribution >= 0.6 is 0 Å². The molecule has 0 unspecified atom stereocenters. The summed E-state index contributed by atoms with van der Waals surface area (Å²) in [5.41, 5.74) is -0.658. The van der Waals surface area contributed by atoms with Gasteiger partial charge in [0.05, 0.1) is 5.60 Å². The van der Waals surface area contributed by atoms with Crippen molar-refractivity contribution in [2.75, 3.05) is 13.1 Å². The second-order valence-electron chi connectivity index (χ2n) is 4.89. The van der Waals surface area contributed by atoms with E-state index in [4.69, 9.17) is 0 Å². The highest BCUT2D eigenvalue weighted by Crippen LogP contribution is 2.28. The zero-order valence-electron chi connectivity index (χ0n) is 9.68. The van der Waals surface area contributed by atoms with E-state index in [2.05, 4.69) is 10.6 Å². The summed E-state index contributed by atoms with van der Waals surface area (Å²) in [5, 5.41) is 15.5. The monoisotopic (exact) mass is 214 g/mol. The molecule has 0 radical (unpaired) electrons. The van der Waals surface area contributed by atoms with Gasteiger partial charge in [0.1, 0.15) is 0 Å². The average Bonchev–Trinajstić information content (AvgIpc) is 2.60. The van der Waals surface area contributed by atoms with Crippen LogP contribution in [-0.4, -0.2) is 29.8 Å². The van der Waals surface area contributed by atoms with Crippen molar-refractivity contribution < 1.29 is 9.90 Å². The average molecular weight is 214 g/mol. The zero-order chi connectivity index (χ0) is 11.3. The van der Waals surface area contributed by atoms with Gasteiger partial charge in [-0.25, -0.2) is 4.79 Å². The van der Waals surface area contributed by atoms with Gasteiger partial charge in [0.15, 0.2) is 0 Å². The minimum Gasteiger partial charge on any atom is -0.388 e. The maximum absolute atomic E-state index is 11.3. The lowest BCUT2D eigenvalue weighted by atomic mass is 10.0. The van der Waals surface area contributed by atoms with Crippen LogP contribution in [0.25, 0.3) is 0 Å². The predicted octanol–water partition coefficient (Wildman–Crippen LogP) is 1.25. The second kappa shape index (κ2) is 5.35. The zero-order valence-corrected chi connectivity index (χ0v) is 9.68. The van der Waals surface area contributed by atoms with E-state index in [0.717, 1.165) is 25.7 Å². The van der Waals surface area contributed by atoms with E-state index in [0.29, 0.717) is 19.0 Å². The third-order valence-corrected chi connectivity index (χ3v) is 2.78. The molecule has 0 aromatic rings. The van der Waals surface area contributed by atoms with Crippen LogP contribution in [0.3, 0.4) is 0 Å². The number of hydrogen-bond donors (Lipinski definition) is 3. The van der Waals surface area contributed by atoms with Crippen molar-refractivity contribution in [2.45, 2.75) is 45.1 Å². The van der Waals surface area contributed by atoms with Crippen molar-refractivity contribution in [3.63, 3.8) is 0 Å². The van der Waals surface area contributed by atoms with Gasteiger partial charge in [-0.05, 0) is 18.8 Å². The van der Waals surface area contributed by atoms with Crippen LogP contribution in [0.1, 0.15) is 39.5 Å². The maximum atomic E-state index is 11.3. The molecular weight excluding hydrogens is 192 g/mol. The van der Waals surface area contributed by atoms with Crippen LogP contribution in [0.4, 0.5) is 4.79 Å². The minimum atomic E-state index is -0.658. The highest BCUT2D eigenvalue weighted by atomic mass is 16.3. The van der Waals surface area contributed by atoms with Gasteiger partial charge in [0.2, 0.25) is 0 Å². The first-order chi connectivity index (χ1) is 7.02. The van der Waals surface area contributed by atoms with E-state index in [1.807, 2.05) is 13.8 Å². The largest absolute Gasteiger partial charge is 0.388 e. The first-order valence-corrected chi connectivity index (χ1v) is 5.76. The second-order valence-corrected chi connectivity index (χ2v) is 4.89.